The van der Waals surface area contributed by atoms with Gasteiger partial charge in [0, 0.05) is 7.05 Å². The number of hydrogen-bond acceptors (Lipinski definition) is 3. The number of aryl methyl sites for hydroxylation is 1. The van der Waals surface area contributed by atoms with Gasteiger partial charge in [-0.15, -0.1) is 0 Å². The van der Waals surface area contributed by atoms with Gasteiger partial charge >= 0.3 is 5.97 Å². The Morgan fingerprint density at radius 2 is 2.32 bits per heavy atom. The second kappa shape index (κ2) is 5.27. The number of benzene rings is 1. The van der Waals surface area contributed by atoms with Gasteiger partial charge in [0.15, 0.2) is 0 Å². The lowest BCUT2D eigenvalue weighted by Gasteiger charge is -2.09. The van der Waals surface area contributed by atoms with Crippen LogP contribution in [0.1, 0.15) is 16.1 Å². The van der Waals surface area contributed by atoms with E-state index < -0.39 is 11.8 Å². The first-order chi connectivity index (χ1) is 8.99. The molecule has 0 aliphatic carbocycles. The quantitative estimate of drug-likeness (QED) is 0.905. The van der Waals surface area contributed by atoms with Crippen LogP contribution in [-0.4, -0.2) is 20.9 Å². The number of anilines is 1. The average molecular weight is 284 g/mol. The van der Waals surface area contributed by atoms with Crippen LogP contribution in [0.25, 0.3) is 0 Å². The van der Waals surface area contributed by atoms with E-state index >= 15 is 0 Å². The van der Waals surface area contributed by atoms with Crippen molar-refractivity contribution in [1.82, 2.24) is 9.78 Å². The number of nitrogens with zero attached hydrogens (tertiary/aromatic N) is 2. The molecule has 19 heavy (non-hydrogen) atoms. The molecule has 0 amide bonds. The van der Waals surface area contributed by atoms with Crippen LogP contribution in [0.5, 0.6) is 0 Å². The predicted octanol–water partition coefficient (Wildman–Crippen LogP) is 2.52. The molecule has 100 valence electrons. The zero-order valence-corrected chi connectivity index (χ0v) is 10.8. The van der Waals surface area contributed by atoms with Gasteiger partial charge in [0.25, 0.3) is 0 Å². The molecule has 0 bridgehead atoms. The summed E-state index contributed by atoms with van der Waals surface area (Å²) in [6.45, 7) is 0.182. The second-order valence-corrected chi connectivity index (χ2v) is 4.32. The summed E-state index contributed by atoms with van der Waals surface area (Å²) in [4.78, 5) is 11.0. The van der Waals surface area contributed by atoms with Crippen LogP contribution < -0.4 is 5.32 Å². The molecule has 7 heteroatoms. The van der Waals surface area contributed by atoms with Crippen molar-refractivity contribution in [2.24, 2.45) is 7.05 Å². The fourth-order valence-electron chi connectivity index (χ4n) is 1.66. The van der Waals surface area contributed by atoms with E-state index in [0.717, 1.165) is 0 Å². The molecular formula is C12H11ClFN3O2. The lowest BCUT2D eigenvalue weighted by molar-refractivity contribution is 0.0695. The molecule has 2 rings (SSSR count). The van der Waals surface area contributed by atoms with E-state index in [2.05, 4.69) is 10.4 Å². The summed E-state index contributed by atoms with van der Waals surface area (Å²) in [6, 6.07) is 3.93. The van der Waals surface area contributed by atoms with Gasteiger partial charge in [0.1, 0.15) is 11.4 Å². The Morgan fingerprint density at radius 3 is 3.00 bits per heavy atom. The highest BCUT2D eigenvalue weighted by molar-refractivity contribution is 6.33. The molecule has 2 N–H and O–H groups in total. The fourth-order valence-corrected chi connectivity index (χ4v) is 1.85. The highest BCUT2D eigenvalue weighted by atomic mass is 35.5. The number of aromatic nitrogens is 2. The number of rotatable bonds is 4. The summed E-state index contributed by atoms with van der Waals surface area (Å²) >= 11 is 5.91. The summed E-state index contributed by atoms with van der Waals surface area (Å²) in [7, 11) is 1.64. The Hall–Kier alpha value is -2.08. The molecule has 0 radical (unpaired) electrons. The molecule has 0 aliphatic heterocycles. The van der Waals surface area contributed by atoms with Gasteiger partial charge in [-0.25, -0.2) is 9.18 Å². The maximum absolute atomic E-state index is 13.1. The van der Waals surface area contributed by atoms with Crippen molar-refractivity contribution >= 4 is 23.3 Å². The van der Waals surface area contributed by atoms with E-state index in [1.807, 2.05) is 0 Å². The van der Waals surface area contributed by atoms with Gasteiger partial charge in [0.2, 0.25) is 0 Å². The van der Waals surface area contributed by atoms with E-state index in [9.17, 15) is 9.18 Å². The molecular weight excluding hydrogens is 273 g/mol. The lowest BCUT2D eigenvalue weighted by atomic mass is 10.2. The topological polar surface area (TPSA) is 67.2 Å². The number of carbonyl (C=O) groups is 1. The monoisotopic (exact) mass is 283 g/mol. The van der Waals surface area contributed by atoms with Crippen LogP contribution in [0, 0.1) is 5.82 Å². The van der Waals surface area contributed by atoms with Gasteiger partial charge in [-0.1, -0.05) is 11.6 Å². The van der Waals surface area contributed by atoms with E-state index in [-0.39, 0.29) is 12.1 Å². The van der Waals surface area contributed by atoms with E-state index in [0.29, 0.717) is 16.4 Å². The number of carboxylic acids is 1. The predicted molar refractivity (Wildman–Crippen MR) is 68.9 cm³/mol. The third-order valence-corrected chi connectivity index (χ3v) is 3.00. The minimum atomic E-state index is -1.06. The third kappa shape index (κ3) is 2.85. The number of aromatic carboxylic acids is 1. The van der Waals surface area contributed by atoms with E-state index in [1.54, 1.807) is 7.05 Å². The number of hydrogen-bond donors (Lipinski definition) is 2. The SMILES string of the molecule is Cn1ncc(C(=O)O)c1CNc1cc(F)ccc1Cl. The summed E-state index contributed by atoms with van der Waals surface area (Å²) in [5.74, 6) is -1.48. The van der Waals surface area contributed by atoms with Crippen LogP contribution in [-0.2, 0) is 13.6 Å². The minimum absolute atomic E-state index is 0.0996. The normalized spacial score (nSPS) is 10.5. The van der Waals surface area contributed by atoms with Crippen LogP contribution in [0.4, 0.5) is 10.1 Å². The van der Waals surface area contributed by atoms with Crippen LogP contribution in [0.3, 0.4) is 0 Å². The summed E-state index contributed by atoms with van der Waals surface area (Å²) in [6.07, 6.45) is 1.27. The molecule has 1 aromatic carbocycles. The standard InChI is InChI=1S/C12H11ClFN3O2/c1-17-11(8(5-16-17)12(18)19)6-15-10-4-7(14)2-3-9(10)13/h2-5,15H,6H2,1H3,(H,18,19). The molecule has 1 aromatic heterocycles. The van der Waals surface area contributed by atoms with Crippen LogP contribution in [0.15, 0.2) is 24.4 Å². The first-order valence-corrected chi connectivity index (χ1v) is 5.80. The Kier molecular flexibility index (Phi) is 3.71. The summed E-state index contributed by atoms with van der Waals surface area (Å²) in [5.41, 5.74) is 0.981. The molecule has 0 aliphatic rings. The van der Waals surface area contributed by atoms with Gasteiger partial charge in [0.05, 0.1) is 29.1 Å². The maximum atomic E-state index is 13.1. The van der Waals surface area contributed by atoms with Crippen LogP contribution in [0.2, 0.25) is 5.02 Å². The van der Waals surface area contributed by atoms with Gasteiger partial charge in [-0.3, -0.25) is 4.68 Å². The lowest BCUT2D eigenvalue weighted by Crippen LogP contribution is -2.10. The first-order valence-electron chi connectivity index (χ1n) is 5.42. The molecule has 1 heterocycles. The number of nitrogens with one attached hydrogen (secondary N) is 1. The summed E-state index contributed by atoms with van der Waals surface area (Å²) < 4.78 is 14.5. The first kappa shape index (κ1) is 13.4. The van der Waals surface area contributed by atoms with E-state index in [4.69, 9.17) is 16.7 Å². The molecule has 0 unspecified atom stereocenters. The second-order valence-electron chi connectivity index (χ2n) is 3.91. The smallest absolute Gasteiger partial charge is 0.339 e. The Bertz CT molecular complexity index is 627. The Balaban J connectivity index is 2.21. The average Bonchev–Trinajstić information content (AvgIpc) is 2.72. The number of halogens is 2. The molecule has 0 fully saturated rings. The van der Waals surface area contributed by atoms with Gasteiger partial charge < -0.3 is 10.4 Å². The zero-order chi connectivity index (χ0) is 14.0. The van der Waals surface area contributed by atoms with Crippen molar-refractivity contribution in [2.45, 2.75) is 6.54 Å². The van der Waals surface area contributed by atoms with Crippen LogP contribution >= 0.6 is 11.6 Å². The molecule has 2 aromatic rings. The molecule has 0 spiro atoms. The summed E-state index contributed by atoms with van der Waals surface area (Å²) in [5, 5.41) is 16.1. The molecule has 0 atom stereocenters. The van der Waals surface area contributed by atoms with Crippen molar-refractivity contribution < 1.29 is 14.3 Å². The zero-order valence-electron chi connectivity index (χ0n) is 10.0. The Labute approximate surface area is 113 Å². The van der Waals surface area contributed by atoms with Crippen molar-refractivity contribution in [1.29, 1.82) is 0 Å². The Morgan fingerprint density at radius 1 is 1.58 bits per heavy atom. The van der Waals surface area contributed by atoms with Gasteiger partial charge in [-0.05, 0) is 18.2 Å². The maximum Gasteiger partial charge on any atom is 0.339 e. The fraction of sp³-hybridized carbons (Fsp3) is 0.167. The molecule has 0 saturated heterocycles. The largest absolute Gasteiger partial charge is 0.478 e. The third-order valence-electron chi connectivity index (χ3n) is 2.67. The molecule has 0 saturated carbocycles. The van der Waals surface area contributed by atoms with Crippen molar-refractivity contribution in [3.05, 3.63) is 46.5 Å². The van der Waals surface area contributed by atoms with Crippen molar-refractivity contribution in [3.63, 3.8) is 0 Å². The molecule has 5 nitrogen and oxygen atoms in total. The van der Waals surface area contributed by atoms with Crippen molar-refractivity contribution in [2.75, 3.05) is 5.32 Å². The number of carboxylic acid groups (broad SMARTS) is 1. The van der Waals surface area contributed by atoms with Gasteiger partial charge in [-0.2, -0.15) is 5.10 Å². The van der Waals surface area contributed by atoms with Crippen molar-refractivity contribution in [3.8, 4) is 0 Å². The highest BCUT2D eigenvalue weighted by Crippen LogP contribution is 2.23. The van der Waals surface area contributed by atoms with E-state index in [1.165, 1.54) is 29.1 Å². The highest BCUT2D eigenvalue weighted by Gasteiger charge is 2.15. The minimum Gasteiger partial charge on any atom is -0.478 e.